The first-order chi connectivity index (χ1) is 17.7. The molecule has 0 spiro atoms. The van der Waals surface area contributed by atoms with E-state index in [1.807, 2.05) is 6.07 Å². The lowest BCUT2D eigenvalue weighted by molar-refractivity contribution is -0.140. The summed E-state index contributed by atoms with van der Waals surface area (Å²) in [6.45, 7) is -0.383. The number of carbonyl (C=O) groups excluding carboxylic acids is 4. The van der Waals surface area contributed by atoms with Crippen LogP contribution in [-0.2, 0) is 32.0 Å². The lowest BCUT2D eigenvalue weighted by atomic mass is 10.0. The van der Waals surface area contributed by atoms with Crippen molar-refractivity contribution in [2.45, 2.75) is 49.9 Å². The second-order valence-corrected chi connectivity index (χ2v) is 9.06. The van der Waals surface area contributed by atoms with Crippen molar-refractivity contribution >= 4 is 23.6 Å². The van der Waals surface area contributed by atoms with Crippen molar-refractivity contribution < 1.29 is 29.4 Å². The van der Waals surface area contributed by atoms with Crippen LogP contribution >= 0.6 is 0 Å². The fourth-order valence-electron chi connectivity index (χ4n) is 4.30. The average Bonchev–Trinajstić information content (AvgIpc) is 3.38. The lowest BCUT2D eigenvalue weighted by Crippen LogP contribution is -2.58. The number of aliphatic hydroxyl groups is 1. The molecule has 11 heteroatoms. The van der Waals surface area contributed by atoms with Gasteiger partial charge < -0.3 is 37.2 Å². The lowest BCUT2D eigenvalue weighted by Gasteiger charge is -2.28. The molecule has 198 valence electrons. The van der Waals surface area contributed by atoms with Crippen LogP contribution in [0.5, 0.6) is 5.75 Å². The van der Waals surface area contributed by atoms with E-state index in [1.54, 1.807) is 36.4 Å². The highest BCUT2D eigenvalue weighted by atomic mass is 16.3. The van der Waals surface area contributed by atoms with Crippen LogP contribution in [0.15, 0.2) is 54.6 Å². The molecule has 0 aromatic heterocycles. The van der Waals surface area contributed by atoms with Gasteiger partial charge in [-0.1, -0.05) is 42.5 Å². The van der Waals surface area contributed by atoms with E-state index in [-0.39, 0.29) is 18.6 Å². The monoisotopic (exact) mass is 511 g/mol. The number of phenols is 1. The number of nitrogens with one attached hydrogen (secondary N) is 2. The molecule has 1 aliphatic rings. The van der Waals surface area contributed by atoms with Gasteiger partial charge in [-0.25, -0.2) is 0 Å². The number of likely N-dealkylation sites (tertiary alicyclic amines) is 1. The number of nitrogens with two attached hydrogens (primary N) is 2. The Balaban J connectivity index is 1.60. The molecule has 0 saturated carbocycles. The van der Waals surface area contributed by atoms with Gasteiger partial charge in [0.25, 0.3) is 0 Å². The largest absolute Gasteiger partial charge is 0.508 e. The summed E-state index contributed by atoms with van der Waals surface area (Å²) < 4.78 is 0. The number of primary amides is 1. The Bertz CT molecular complexity index is 1090. The molecule has 1 fully saturated rings. The molecule has 4 amide bonds. The molecule has 1 heterocycles. The second-order valence-electron chi connectivity index (χ2n) is 9.06. The van der Waals surface area contributed by atoms with Crippen molar-refractivity contribution in [1.29, 1.82) is 0 Å². The topological polar surface area (TPSA) is 188 Å². The van der Waals surface area contributed by atoms with Crippen LogP contribution in [0.2, 0.25) is 0 Å². The summed E-state index contributed by atoms with van der Waals surface area (Å²) in [7, 11) is 0. The normalized spacial score (nSPS) is 17.5. The van der Waals surface area contributed by atoms with E-state index in [1.165, 1.54) is 17.0 Å². The maximum Gasteiger partial charge on any atom is 0.245 e. The van der Waals surface area contributed by atoms with Crippen LogP contribution in [-0.4, -0.2) is 76.1 Å². The van der Waals surface area contributed by atoms with Gasteiger partial charge >= 0.3 is 0 Å². The summed E-state index contributed by atoms with van der Waals surface area (Å²) in [5, 5.41) is 24.2. The number of aliphatic hydroxyl groups excluding tert-OH is 1. The van der Waals surface area contributed by atoms with Gasteiger partial charge in [0.2, 0.25) is 23.6 Å². The zero-order chi connectivity index (χ0) is 26.9. The Morgan fingerprint density at radius 3 is 2.22 bits per heavy atom. The third kappa shape index (κ3) is 7.51. The van der Waals surface area contributed by atoms with E-state index in [4.69, 9.17) is 11.5 Å². The van der Waals surface area contributed by atoms with Crippen LogP contribution < -0.4 is 22.1 Å². The first-order valence-electron chi connectivity index (χ1n) is 12.1. The molecule has 3 rings (SSSR count). The van der Waals surface area contributed by atoms with Gasteiger partial charge in [0, 0.05) is 13.0 Å². The Labute approximate surface area is 214 Å². The molecule has 0 unspecified atom stereocenters. The van der Waals surface area contributed by atoms with E-state index in [0.717, 1.165) is 11.1 Å². The number of aromatic hydroxyl groups is 1. The van der Waals surface area contributed by atoms with Crippen LogP contribution in [0.3, 0.4) is 0 Å². The molecular formula is C26H33N5O6. The van der Waals surface area contributed by atoms with Crippen molar-refractivity contribution in [3.8, 4) is 5.75 Å². The molecule has 2 aromatic rings. The number of nitrogens with zero attached hydrogens (tertiary/aromatic N) is 1. The van der Waals surface area contributed by atoms with Gasteiger partial charge in [0.15, 0.2) is 0 Å². The number of benzene rings is 2. The Kier molecular flexibility index (Phi) is 9.58. The Morgan fingerprint density at radius 2 is 1.59 bits per heavy atom. The second kappa shape index (κ2) is 12.8. The number of rotatable bonds is 11. The molecule has 8 N–H and O–H groups in total. The fraction of sp³-hybridized carbons (Fsp3) is 0.385. The summed E-state index contributed by atoms with van der Waals surface area (Å²) in [6, 6.07) is 11.2. The van der Waals surface area contributed by atoms with Gasteiger partial charge in [-0.15, -0.1) is 0 Å². The van der Waals surface area contributed by atoms with Gasteiger partial charge in [-0.3, -0.25) is 19.2 Å². The van der Waals surface area contributed by atoms with Gasteiger partial charge in [0.05, 0.1) is 12.6 Å². The zero-order valence-corrected chi connectivity index (χ0v) is 20.4. The third-order valence-corrected chi connectivity index (χ3v) is 6.31. The molecule has 1 saturated heterocycles. The van der Waals surface area contributed by atoms with E-state index in [0.29, 0.717) is 19.4 Å². The molecule has 0 radical (unpaired) electrons. The SMILES string of the molecule is NC(=O)[C@H](Cc1ccccc1)NC(=O)[C@H](CO)NC(=O)[C@@H]1CCCN1C(=O)[C@@H](N)Cc1ccc(O)cc1. The van der Waals surface area contributed by atoms with Crippen LogP contribution in [0.4, 0.5) is 0 Å². The molecule has 2 aromatic carbocycles. The summed E-state index contributed by atoms with van der Waals surface area (Å²) >= 11 is 0. The maximum absolute atomic E-state index is 13.0. The zero-order valence-electron chi connectivity index (χ0n) is 20.4. The van der Waals surface area contributed by atoms with Crippen molar-refractivity contribution in [2.75, 3.05) is 13.2 Å². The predicted octanol–water partition coefficient (Wildman–Crippen LogP) is -1.06. The number of amides is 4. The number of carbonyl (C=O) groups is 4. The first-order valence-corrected chi connectivity index (χ1v) is 12.1. The minimum Gasteiger partial charge on any atom is -0.508 e. The molecule has 11 nitrogen and oxygen atoms in total. The molecule has 0 aliphatic carbocycles. The smallest absolute Gasteiger partial charge is 0.245 e. The number of hydrogen-bond donors (Lipinski definition) is 6. The van der Waals surface area contributed by atoms with Crippen molar-refractivity contribution in [2.24, 2.45) is 11.5 Å². The molecular weight excluding hydrogens is 478 g/mol. The van der Waals surface area contributed by atoms with E-state index < -0.39 is 54.4 Å². The minimum absolute atomic E-state index is 0.101. The average molecular weight is 512 g/mol. The standard InChI is InChI=1S/C26H33N5O6/c27-19(13-17-8-10-18(33)11-9-17)26(37)31-12-4-7-22(31)25(36)30-21(15-32)24(35)29-20(23(28)34)14-16-5-2-1-3-6-16/h1-3,5-6,8-11,19-22,32-33H,4,7,12-15,27H2,(H2,28,34)(H,29,35)(H,30,36)/t19-,20-,21-,22-/m0/s1. The number of phenolic OH excluding ortho intramolecular Hbond substituents is 1. The van der Waals surface area contributed by atoms with Gasteiger partial charge in [0.1, 0.15) is 23.9 Å². The number of hydrogen-bond acceptors (Lipinski definition) is 7. The summed E-state index contributed by atoms with van der Waals surface area (Å²) in [5.74, 6) is -2.43. The summed E-state index contributed by atoms with van der Waals surface area (Å²) in [5.41, 5.74) is 13.1. The van der Waals surface area contributed by atoms with Crippen molar-refractivity contribution in [1.82, 2.24) is 15.5 Å². The van der Waals surface area contributed by atoms with Crippen LogP contribution in [0, 0.1) is 0 Å². The highest BCUT2D eigenvalue weighted by Crippen LogP contribution is 2.20. The van der Waals surface area contributed by atoms with E-state index in [2.05, 4.69) is 10.6 Å². The molecule has 0 bridgehead atoms. The van der Waals surface area contributed by atoms with E-state index in [9.17, 15) is 29.4 Å². The Morgan fingerprint density at radius 1 is 0.946 bits per heavy atom. The molecule has 37 heavy (non-hydrogen) atoms. The quantitative estimate of drug-likeness (QED) is 0.222. The molecule has 4 atom stereocenters. The summed E-state index contributed by atoms with van der Waals surface area (Å²) in [6.07, 6.45) is 1.33. The Hall–Kier alpha value is -3.96. The van der Waals surface area contributed by atoms with Crippen LogP contribution in [0.1, 0.15) is 24.0 Å². The van der Waals surface area contributed by atoms with Gasteiger partial charge in [-0.05, 0) is 42.5 Å². The van der Waals surface area contributed by atoms with Gasteiger partial charge in [-0.2, -0.15) is 0 Å². The highest BCUT2D eigenvalue weighted by molar-refractivity contribution is 5.95. The summed E-state index contributed by atoms with van der Waals surface area (Å²) in [4.78, 5) is 52.1. The van der Waals surface area contributed by atoms with Crippen LogP contribution in [0.25, 0.3) is 0 Å². The first kappa shape index (κ1) is 27.6. The van der Waals surface area contributed by atoms with E-state index >= 15 is 0 Å². The minimum atomic E-state index is -1.34. The van der Waals surface area contributed by atoms with Crippen molar-refractivity contribution in [3.05, 3.63) is 65.7 Å². The predicted molar refractivity (Wildman–Crippen MR) is 135 cm³/mol. The van der Waals surface area contributed by atoms with Crippen molar-refractivity contribution in [3.63, 3.8) is 0 Å². The third-order valence-electron chi connectivity index (χ3n) is 6.31. The maximum atomic E-state index is 13.0. The highest BCUT2D eigenvalue weighted by Gasteiger charge is 2.37. The molecule has 1 aliphatic heterocycles. The fourth-order valence-corrected chi connectivity index (χ4v) is 4.30.